The van der Waals surface area contributed by atoms with Gasteiger partial charge in [0.25, 0.3) is 5.91 Å². The Labute approximate surface area is 175 Å². The van der Waals surface area contributed by atoms with Crippen molar-refractivity contribution >= 4 is 30.1 Å². The van der Waals surface area contributed by atoms with Gasteiger partial charge < -0.3 is 15.5 Å². The molecule has 1 fully saturated rings. The first-order chi connectivity index (χ1) is 13.3. The van der Waals surface area contributed by atoms with Crippen LogP contribution in [0.5, 0.6) is 0 Å². The molecule has 1 aromatic heterocycles. The summed E-state index contributed by atoms with van der Waals surface area (Å²) in [6.07, 6.45) is 5.03. The second kappa shape index (κ2) is 9.82. The number of halogens is 3. The summed E-state index contributed by atoms with van der Waals surface area (Å²) < 4.78 is 26.6. The maximum absolute atomic E-state index is 13.3. The van der Waals surface area contributed by atoms with Gasteiger partial charge in [0.15, 0.2) is 0 Å². The third-order valence-corrected chi connectivity index (χ3v) is 4.89. The molecule has 0 saturated heterocycles. The highest BCUT2D eigenvalue weighted by Crippen LogP contribution is 2.23. The summed E-state index contributed by atoms with van der Waals surface area (Å²) in [5, 5.41) is 6.23. The van der Waals surface area contributed by atoms with Crippen molar-refractivity contribution in [3.05, 3.63) is 47.2 Å². The van der Waals surface area contributed by atoms with Crippen LogP contribution in [-0.4, -0.2) is 42.1 Å². The lowest BCUT2D eigenvalue weighted by atomic mass is 9.91. The largest absolute Gasteiger partial charge is 0.362 e. The number of benzene rings is 1. The Kier molecular flexibility index (Phi) is 7.73. The molecule has 0 unspecified atom stereocenters. The monoisotopic (exact) mass is 425 g/mol. The van der Waals surface area contributed by atoms with E-state index in [1.165, 1.54) is 0 Å². The van der Waals surface area contributed by atoms with Gasteiger partial charge in [0.2, 0.25) is 5.95 Å². The normalized spacial score (nSPS) is 18.5. The lowest BCUT2D eigenvalue weighted by Crippen LogP contribution is -2.40. The molecule has 0 spiro atoms. The van der Waals surface area contributed by atoms with E-state index in [0.29, 0.717) is 5.95 Å². The van der Waals surface area contributed by atoms with E-state index >= 15 is 0 Å². The predicted octanol–water partition coefficient (Wildman–Crippen LogP) is 3.70. The number of carbonyl (C=O) groups excluding carboxylic acids is 1. The summed E-state index contributed by atoms with van der Waals surface area (Å²) in [7, 11) is 3.88. The molecule has 0 aliphatic heterocycles. The van der Waals surface area contributed by atoms with E-state index in [0.717, 1.165) is 55.3 Å². The minimum Gasteiger partial charge on any atom is -0.362 e. The van der Waals surface area contributed by atoms with Crippen molar-refractivity contribution in [3.63, 3.8) is 0 Å². The fraction of sp³-hybridized carbons (Fsp3) is 0.450. The summed E-state index contributed by atoms with van der Waals surface area (Å²) in [4.78, 5) is 23.1. The Morgan fingerprint density at radius 1 is 1.07 bits per heavy atom. The summed E-state index contributed by atoms with van der Waals surface area (Å²) >= 11 is 0. The van der Waals surface area contributed by atoms with E-state index in [-0.39, 0.29) is 30.1 Å². The van der Waals surface area contributed by atoms with Gasteiger partial charge in [-0.1, -0.05) is 0 Å². The third kappa shape index (κ3) is 6.00. The third-order valence-electron chi connectivity index (χ3n) is 4.89. The summed E-state index contributed by atoms with van der Waals surface area (Å²) in [5.41, 5.74) is 1.01. The van der Waals surface area contributed by atoms with Crippen molar-refractivity contribution in [1.29, 1.82) is 0 Å². The molecule has 2 aromatic rings. The maximum atomic E-state index is 13.3. The Hall–Kier alpha value is -2.48. The first-order valence-corrected chi connectivity index (χ1v) is 9.36. The van der Waals surface area contributed by atoms with Gasteiger partial charge in [-0.05, 0) is 44.7 Å². The average Bonchev–Trinajstić information content (AvgIpc) is 2.64. The molecule has 1 heterocycles. The highest BCUT2D eigenvalue weighted by molar-refractivity contribution is 5.94. The SMILES string of the molecule is Cc1cnc(N[C@H]2CC[C@@H](NC(=O)c3cc(F)cc(F)c3)CC2)nc1N(C)C.Cl. The van der Waals surface area contributed by atoms with Crippen LogP contribution in [0.15, 0.2) is 24.4 Å². The van der Waals surface area contributed by atoms with E-state index in [1.807, 2.05) is 25.9 Å². The van der Waals surface area contributed by atoms with Crippen LogP contribution >= 0.6 is 12.4 Å². The first kappa shape index (κ1) is 22.8. The molecular weight excluding hydrogens is 400 g/mol. The predicted molar refractivity (Wildman–Crippen MR) is 112 cm³/mol. The Balaban J connectivity index is 0.00000300. The van der Waals surface area contributed by atoms with Crippen molar-refractivity contribution in [3.8, 4) is 0 Å². The Bertz CT molecular complexity index is 837. The number of amides is 1. The van der Waals surface area contributed by atoms with Crippen LogP contribution in [0.2, 0.25) is 0 Å². The summed E-state index contributed by atoms with van der Waals surface area (Å²) in [6, 6.07) is 3.04. The molecule has 0 bridgehead atoms. The van der Waals surface area contributed by atoms with E-state index in [1.54, 1.807) is 6.20 Å². The van der Waals surface area contributed by atoms with Gasteiger partial charge in [-0.25, -0.2) is 13.8 Å². The zero-order valence-electron chi connectivity index (χ0n) is 16.7. The van der Waals surface area contributed by atoms with Crippen LogP contribution in [0.3, 0.4) is 0 Å². The van der Waals surface area contributed by atoms with Gasteiger partial charge in [-0.3, -0.25) is 4.79 Å². The van der Waals surface area contributed by atoms with Gasteiger partial charge in [0.05, 0.1) is 0 Å². The van der Waals surface area contributed by atoms with Gasteiger partial charge in [0.1, 0.15) is 17.5 Å². The molecule has 2 N–H and O–H groups in total. The van der Waals surface area contributed by atoms with E-state index in [2.05, 4.69) is 20.6 Å². The van der Waals surface area contributed by atoms with Gasteiger partial charge in [-0.15, -0.1) is 12.4 Å². The van der Waals surface area contributed by atoms with Crippen molar-refractivity contribution < 1.29 is 13.6 Å². The molecule has 29 heavy (non-hydrogen) atoms. The van der Waals surface area contributed by atoms with E-state index in [9.17, 15) is 13.6 Å². The molecule has 1 amide bonds. The minimum atomic E-state index is -0.756. The molecule has 1 aliphatic rings. The zero-order valence-corrected chi connectivity index (χ0v) is 17.5. The Morgan fingerprint density at radius 3 is 2.24 bits per heavy atom. The molecule has 3 rings (SSSR count). The van der Waals surface area contributed by atoms with Gasteiger partial charge in [-0.2, -0.15) is 4.98 Å². The lowest BCUT2D eigenvalue weighted by molar-refractivity contribution is 0.0925. The van der Waals surface area contributed by atoms with Gasteiger partial charge in [0, 0.05) is 49.6 Å². The van der Waals surface area contributed by atoms with Crippen LogP contribution in [0.4, 0.5) is 20.5 Å². The summed E-state index contributed by atoms with van der Waals surface area (Å²) in [5.74, 6) is -0.494. The molecule has 6 nitrogen and oxygen atoms in total. The van der Waals surface area contributed by atoms with Crippen LogP contribution in [0.25, 0.3) is 0 Å². The van der Waals surface area contributed by atoms with Crippen molar-refractivity contribution in [2.45, 2.75) is 44.7 Å². The number of aromatic nitrogens is 2. The van der Waals surface area contributed by atoms with Crippen LogP contribution in [-0.2, 0) is 0 Å². The fourth-order valence-electron chi connectivity index (χ4n) is 3.47. The fourth-order valence-corrected chi connectivity index (χ4v) is 3.47. The molecule has 1 aliphatic carbocycles. The number of anilines is 2. The minimum absolute atomic E-state index is 0. The number of rotatable bonds is 5. The Morgan fingerprint density at radius 2 is 1.66 bits per heavy atom. The van der Waals surface area contributed by atoms with Gasteiger partial charge >= 0.3 is 0 Å². The number of nitrogens with zero attached hydrogens (tertiary/aromatic N) is 3. The van der Waals surface area contributed by atoms with E-state index < -0.39 is 17.5 Å². The molecule has 1 aromatic carbocycles. The zero-order chi connectivity index (χ0) is 20.3. The van der Waals surface area contributed by atoms with Crippen molar-refractivity contribution in [1.82, 2.24) is 15.3 Å². The molecular formula is C20H26ClF2N5O. The number of hydrogen-bond donors (Lipinski definition) is 2. The van der Waals surface area contributed by atoms with Crippen LogP contribution < -0.4 is 15.5 Å². The molecule has 1 saturated carbocycles. The topological polar surface area (TPSA) is 70.1 Å². The average molecular weight is 426 g/mol. The first-order valence-electron chi connectivity index (χ1n) is 9.36. The molecule has 158 valence electrons. The maximum Gasteiger partial charge on any atom is 0.251 e. The quantitative estimate of drug-likeness (QED) is 0.764. The molecule has 0 atom stereocenters. The number of aryl methyl sites for hydroxylation is 1. The second-order valence-corrected chi connectivity index (χ2v) is 7.42. The highest BCUT2D eigenvalue weighted by Gasteiger charge is 2.24. The molecule has 9 heteroatoms. The smallest absolute Gasteiger partial charge is 0.251 e. The van der Waals surface area contributed by atoms with Crippen molar-refractivity contribution in [2.75, 3.05) is 24.3 Å². The lowest BCUT2D eigenvalue weighted by Gasteiger charge is -2.30. The number of hydrogen-bond acceptors (Lipinski definition) is 5. The van der Waals surface area contributed by atoms with Crippen LogP contribution in [0.1, 0.15) is 41.6 Å². The molecule has 0 radical (unpaired) electrons. The summed E-state index contributed by atoms with van der Waals surface area (Å²) in [6.45, 7) is 1.97. The number of nitrogens with one attached hydrogen (secondary N) is 2. The van der Waals surface area contributed by atoms with Crippen LogP contribution in [0, 0.1) is 18.6 Å². The number of carbonyl (C=O) groups is 1. The highest BCUT2D eigenvalue weighted by atomic mass is 35.5. The second-order valence-electron chi connectivity index (χ2n) is 7.42. The van der Waals surface area contributed by atoms with Crippen molar-refractivity contribution in [2.24, 2.45) is 0 Å². The van der Waals surface area contributed by atoms with E-state index in [4.69, 9.17) is 0 Å². The standard InChI is InChI=1S/C20H25F2N5O.ClH/c1-12-11-23-20(26-18(12)27(2)3)25-17-6-4-16(5-7-17)24-19(28)13-8-14(21)10-15(22)9-13;/h8-11,16-17H,4-7H2,1-3H3,(H,24,28)(H,23,25,26);1H/t16-,17+;.